The van der Waals surface area contributed by atoms with Gasteiger partial charge in [-0.15, -0.1) is 0 Å². The first-order chi connectivity index (χ1) is 54.7. The number of rotatable bonds is 0. The number of aromatic nitrogens is 20. The maximum Gasteiger partial charge on any atom is 0.140 e. The van der Waals surface area contributed by atoms with Gasteiger partial charge in [0.1, 0.15) is 24.1 Å². The largest absolute Gasteiger partial charge is 0.344 e. The van der Waals surface area contributed by atoms with E-state index >= 15 is 0 Å². The van der Waals surface area contributed by atoms with Gasteiger partial charge in [0.2, 0.25) is 0 Å². The molecule has 4 aromatic carbocycles. The fourth-order valence-electron chi connectivity index (χ4n) is 12.3. The predicted octanol–water partition coefficient (Wildman–Crippen LogP) is 19.6. The van der Waals surface area contributed by atoms with E-state index in [0.717, 1.165) is 44.7 Å². The van der Waals surface area contributed by atoms with Crippen LogP contribution in [-0.2, 0) is 35.2 Å². The molecule has 0 spiro atoms. The molecule has 0 atom stereocenters. The van der Waals surface area contributed by atoms with E-state index in [4.69, 9.17) is 0 Å². The van der Waals surface area contributed by atoms with Crippen molar-refractivity contribution >= 4 is 109 Å². The highest BCUT2D eigenvalue weighted by Gasteiger charge is 2.11. The lowest BCUT2D eigenvalue weighted by Gasteiger charge is -1.95. The normalized spacial score (nSPS) is 10.3. The second-order valence-electron chi connectivity index (χ2n) is 25.8. The predicted molar refractivity (Wildman–Crippen MR) is 456 cm³/mol. The van der Waals surface area contributed by atoms with E-state index in [1.807, 2.05) is 183 Å². The zero-order chi connectivity index (χ0) is 78.4. The summed E-state index contributed by atoms with van der Waals surface area (Å²) in [6, 6.07) is 67.3. The van der Waals surface area contributed by atoms with E-state index in [0.29, 0.717) is 0 Å². The number of pyridine rings is 9. The van der Waals surface area contributed by atoms with Gasteiger partial charge in [-0.05, 0) is 173 Å². The molecular weight excluding hydrogens is 1390 g/mol. The second kappa shape index (κ2) is 39.9. The molecule has 17 aromatic heterocycles. The quantitative estimate of drug-likeness (QED) is 0.138. The minimum absolute atomic E-state index is 0.822. The van der Waals surface area contributed by atoms with Gasteiger partial charge < -0.3 is 22.8 Å². The van der Waals surface area contributed by atoms with Crippen molar-refractivity contribution in [1.82, 2.24) is 97.6 Å². The van der Waals surface area contributed by atoms with Crippen molar-refractivity contribution in [1.29, 1.82) is 0 Å². The van der Waals surface area contributed by atoms with Crippen LogP contribution in [0.3, 0.4) is 0 Å². The summed E-state index contributed by atoms with van der Waals surface area (Å²) >= 11 is 0. The van der Waals surface area contributed by atoms with Crippen molar-refractivity contribution < 1.29 is 0 Å². The minimum atomic E-state index is 0.822. The summed E-state index contributed by atoms with van der Waals surface area (Å²) in [4.78, 5) is 60.0. The van der Waals surface area contributed by atoms with Gasteiger partial charge in [0, 0.05) is 224 Å². The summed E-state index contributed by atoms with van der Waals surface area (Å²) in [6.45, 7) is 11.8. The number of para-hydroxylation sites is 4. The molecule has 0 aliphatic rings. The Morgan fingerprint density at radius 1 is 0.196 bits per heavy atom. The minimum Gasteiger partial charge on any atom is -0.344 e. The zero-order valence-electron chi connectivity index (χ0n) is 64.7. The third-order valence-electron chi connectivity index (χ3n) is 18.0. The van der Waals surface area contributed by atoms with Crippen LogP contribution in [0, 0.1) is 41.5 Å². The van der Waals surface area contributed by atoms with Gasteiger partial charge in [-0.2, -0.15) is 0 Å². The molecule has 112 heavy (non-hydrogen) atoms. The van der Waals surface area contributed by atoms with E-state index in [1.54, 1.807) is 61.8 Å². The second-order valence-corrected chi connectivity index (χ2v) is 25.8. The highest BCUT2D eigenvalue weighted by atomic mass is 15.0. The molecule has 0 bridgehead atoms. The Bertz CT molecular complexity index is 5200. The van der Waals surface area contributed by atoms with Gasteiger partial charge in [-0.25, -0.2) is 34.9 Å². The highest BCUT2D eigenvalue weighted by Crippen LogP contribution is 2.30. The van der Waals surface area contributed by atoms with Crippen LogP contribution in [-0.4, -0.2) is 97.6 Å². The molecule has 21 rings (SSSR count). The average Bonchev–Trinajstić information content (AvgIpc) is 1.66. The molecule has 0 saturated heterocycles. The molecular formula is C92H88N20. The number of fused-ring (bicyclic) bond motifs is 15. The highest BCUT2D eigenvalue weighted by molar-refractivity contribution is 6.10. The smallest absolute Gasteiger partial charge is 0.140 e. The summed E-state index contributed by atoms with van der Waals surface area (Å²) in [5, 5.41) is 11.1. The lowest BCUT2D eigenvalue weighted by atomic mass is 10.2. The Labute approximate surface area is 650 Å². The van der Waals surface area contributed by atoms with Crippen molar-refractivity contribution in [3.63, 3.8) is 0 Å². The van der Waals surface area contributed by atoms with Gasteiger partial charge in [0.25, 0.3) is 0 Å². The molecule has 0 aliphatic carbocycles. The third kappa shape index (κ3) is 20.6. The van der Waals surface area contributed by atoms with E-state index in [2.05, 4.69) is 254 Å². The summed E-state index contributed by atoms with van der Waals surface area (Å²) in [6.07, 6.45) is 39.3. The fourth-order valence-corrected chi connectivity index (χ4v) is 12.3. The van der Waals surface area contributed by atoms with Crippen molar-refractivity contribution in [3.05, 3.63) is 371 Å². The molecule has 20 heteroatoms. The number of aryl methyl sites for hydroxylation is 11. The Kier molecular flexibility index (Phi) is 28.0. The molecule has 0 saturated carbocycles. The Morgan fingerprint density at radius 2 is 0.598 bits per heavy atom. The number of benzene rings is 4. The van der Waals surface area contributed by atoms with Crippen LogP contribution in [0.5, 0.6) is 0 Å². The first-order valence-corrected chi connectivity index (χ1v) is 36.3. The van der Waals surface area contributed by atoms with Crippen molar-refractivity contribution in [2.75, 3.05) is 0 Å². The molecule has 0 amide bonds. The van der Waals surface area contributed by atoms with Gasteiger partial charge in [-0.3, -0.25) is 39.9 Å². The number of hydrogen-bond donors (Lipinski definition) is 0. The van der Waals surface area contributed by atoms with E-state index in [9.17, 15) is 0 Å². The maximum absolute atomic E-state index is 4.41. The van der Waals surface area contributed by atoms with Crippen molar-refractivity contribution in [2.24, 2.45) is 35.2 Å². The summed E-state index contributed by atoms with van der Waals surface area (Å²) in [5.41, 5.74) is 18.8. The van der Waals surface area contributed by atoms with E-state index in [-0.39, 0.29) is 0 Å². The topological polar surface area (TPSA) is 218 Å². The molecule has 0 fully saturated rings. The Balaban J connectivity index is 0.000000124. The standard InChI is InChI=1S/4C12H10N2.C11H9N3.3C6H7N.3C5H6N2/c1-14-11-7-3-2-5-9(11)10-6-4-8-13-12(10)14;1-14-10-6-3-2-5-9(10)12-11(14)7-4-8-13-12;1-14-11-5-3-2-4-9(11)10-8-13-7-6-12(10)14;1-14-11-5-3-2-4-9(11)10-6-7-13-8-12(10)14;1-14-10-2-4-12-6-8(10)9-7-13-5-3-11(9)14;1-6-2-4-7-5-3-6;1-6-3-2-4-7-5-6;1-6-4-2-3-5-7-6;1-5-2-6-4-7-3-5;1-5-2-3-6-4-7-5;1-5-6-3-2-4-7-5/h4*2-8H,1H3;2-7H,1H3;3*2-5H,1H3;3*2-4H,1H3. The van der Waals surface area contributed by atoms with E-state index < -0.39 is 0 Å². The van der Waals surface area contributed by atoms with Gasteiger partial charge in [0.15, 0.2) is 0 Å². The van der Waals surface area contributed by atoms with Crippen LogP contribution in [0.2, 0.25) is 0 Å². The molecule has 17 heterocycles. The zero-order valence-corrected chi connectivity index (χ0v) is 64.7. The molecule has 0 aliphatic heterocycles. The van der Waals surface area contributed by atoms with Crippen LogP contribution >= 0.6 is 0 Å². The average molecular weight is 1470 g/mol. The summed E-state index contributed by atoms with van der Waals surface area (Å²) in [5.74, 6) is 0.822. The third-order valence-corrected chi connectivity index (χ3v) is 18.0. The van der Waals surface area contributed by atoms with Crippen molar-refractivity contribution in [3.8, 4) is 0 Å². The molecule has 556 valence electrons. The van der Waals surface area contributed by atoms with Crippen molar-refractivity contribution in [2.45, 2.75) is 41.5 Å². The SMILES string of the molecule is Cc1ccccn1.Cc1cccnc1.Cc1ccncc1.Cc1ccncn1.Cc1cncnc1.Cc1ncccn1.Cn1c2ccccc2c2cccnc21.Cn1c2ccccc2c2ccncc21.Cn1c2ccccc2c2cnccc21.Cn1c2ccccc2c2ncccc21.Cn1c2ccncc2c2cnccc21. The molecule has 0 unspecified atom stereocenters. The molecule has 21 aromatic rings. The lowest BCUT2D eigenvalue weighted by molar-refractivity contribution is 0.990. The van der Waals surface area contributed by atoms with Gasteiger partial charge in [-0.1, -0.05) is 84.9 Å². The Morgan fingerprint density at radius 3 is 1.07 bits per heavy atom. The first-order valence-electron chi connectivity index (χ1n) is 36.3. The maximum atomic E-state index is 4.41. The summed E-state index contributed by atoms with van der Waals surface area (Å²) in [7, 11) is 10.4. The molecule has 20 nitrogen and oxygen atoms in total. The van der Waals surface area contributed by atoms with E-state index in [1.165, 1.54) is 111 Å². The fraction of sp³-hybridized carbons (Fsp3) is 0.120. The lowest BCUT2D eigenvalue weighted by Crippen LogP contribution is -1.87. The van der Waals surface area contributed by atoms with Crippen LogP contribution in [0.25, 0.3) is 109 Å². The number of nitrogens with zero attached hydrogens (tertiary/aromatic N) is 20. The van der Waals surface area contributed by atoms with Crippen LogP contribution in [0.15, 0.2) is 337 Å². The Hall–Kier alpha value is -14.5. The van der Waals surface area contributed by atoms with Crippen LogP contribution in [0.4, 0.5) is 0 Å². The monoisotopic (exact) mass is 1470 g/mol. The molecule has 0 radical (unpaired) electrons. The molecule has 0 N–H and O–H groups in total. The summed E-state index contributed by atoms with van der Waals surface area (Å²) < 4.78 is 10.8. The first kappa shape index (κ1) is 78.5. The van der Waals surface area contributed by atoms with Crippen LogP contribution in [0.1, 0.15) is 33.9 Å². The van der Waals surface area contributed by atoms with Crippen LogP contribution < -0.4 is 0 Å². The number of hydrogen-bond acceptors (Lipinski definition) is 15. The van der Waals surface area contributed by atoms with Gasteiger partial charge in [0.05, 0.1) is 50.3 Å². The van der Waals surface area contributed by atoms with Gasteiger partial charge >= 0.3 is 0 Å².